The molecule has 1 saturated heterocycles. The first-order chi connectivity index (χ1) is 7.60. The van der Waals surface area contributed by atoms with E-state index in [0.717, 1.165) is 19.3 Å². The van der Waals surface area contributed by atoms with E-state index in [4.69, 9.17) is 5.11 Å². The smallest absolute Gasteiger partial charge is 0.225 e. The third kappa shape index (κ3) is 3.19. The first kappa shape index (κ1) is 13.5. The van der Waals surface area contributed by atoms with Crippen molar-refractivity contribution in [1.82, 2.24) is 4.90 Å². The molecule has 16 heavy (non-hydrogen) atoms. The van der Waals surface area contributed by atoms with Crippen molar-refractivity contribution in [2.24, 2.45) is 5.92 Å². The minimum atomic E-state index is -0.473. The number of carbonyl (C=O) groups excluding carboxylic acids is 1. The van der Waals surface area contributed by atoms with E-state index in [9.17, 15) is 9.90 Å². The molecule has 2 N–H and O–H groups in total. The quantitative estimate of drug-likeness (QED) is 0.732. The maximum Gasteiger partial charge on any atom is 0.225 e. The molecule has 0 saturated carbocycles. The number of hydrogen-bond acceptors (Lipinski definition) is 3. The van der Waals surface area contributed by atoms with E-state index in [-0.39, 0.29) is 24.5 Å². The van der Waals surface area contributed by atoms with Crippen LogP contribution < -0.4 is 0 Å². The van der Waals surface area contributed by atoms with Gasteiger partial charge in [-0.1, -0.05) is 26.7 Å². The van der Waals surface area contributed by atoms with Gasteiger partial charge in [0.2, 0.25) is 5.91 Å². The largest absolute Gasteiger partial charge is 0.394 e. The lowest BCUT2D eigenvalue weighted by Gasteiger charge is -2.26. The number of likely N-dealkylation sites (tertiary alicyclic amines) is 1. The molecular formula is C12H23NO3. The van der Waals surface area contributed by atoms with Crippen LogP contribution in [0.2, 0.25) is 0 Å². The molecule has 1 fully saturated rings. The second-order valence-electron chi connectivity index (χ2n) is 4.76. The summed E-state index contributed by atoms with van der Waals surface area (Å²) >= 11 is 0. The highest BCUT2D eigenvalue weighted by molar-refractivity contribution is 5.79. The fourth-order valence-corrected chi connectivity index (χ4v) is 2.25. The summed E-state index contributed by atoms with van der Waals surface area (Å²) < 4.78 is 0. The molecule has 94 valence electrons. The van der Waals surface area contributed by atoms with E-state index in [1.807, 2.05) is 6.92 Å². The summed E-state index contributed by atoms with van der Waals surface area (Å²) in [6, 6.07) is -0.188. The van der Waals surface area contributed by atoms with Gasteiger partial charge in [0.15, 0.2) is 0 Å². The third-order valence-corrected chi connectivity index (χ3v) is 3.30. The van der Waals surface area contributed by atoms with Crippen LogP contribution in [0.25, 0.3) is 0 Å². The van der Waals surface area contributed by atoms with Crippen LogP contribution >= 0.6 is 0 Å². The maximum absolute atomic E-state index is 12.1. The number of amides is 1. The maximum atomic E-state index is 12.1. The van der Waals surface area contributed by atoms with Crippen molar-refractivity contribution < 1.29 is 15.0 Å². The van der Waals surface area contributed by atoms with Crippen molar-refractivity contribution in [1.29, 1.82) is 0 Å². The van der Waals surface area contributed by atoms with Gasteiger partial charge in [0.1, 0.15) is 0 Å². The summed E-state index contributed by atoms with van der Waals surface area (Å²) in [6.45, 7) is 4.36. The zero-order valence-electron chi connectivity index (χ0n) is 10.2. The molecule has 1 aliphatic heterocycles. The topological polar surface area (TPSA) is 60.8 Å². The van der Waals surface area contributed by atoms with Crippen molar-refractivity contribution in [2.75, 3.05) is 13.2 Å². The van der Waals surface area contributed by atoms with Crippen LogP contribution in [0.3, 0.4) is 0 Å². The van der Waals surface area contributed by atoms with E-state index in [2.05, 4.69) is 6.92 Å². The monoisotopic (exact) mass is 229 g/mol. The zero-order valence-corrected chi connectivity index (χ0v) is 10.2. The standard InChI is InChI=1S/C12H23NO3/c1-3-4-5-9(2)12(16)13-7-11(15)6-10(13)8-14/h9-11,14-15H,3-8H2,1-2H3/t9-,10+,11-/m0/s1. The van der Waals surface area contributed by atoms with Crippen LogP contribution in [0.4, 0.5) is 0 Å². The summed E-state index contributed by atoms with van der Waals surface area (Å²) in [5, 5.41) is 18.7. The number of carbonyl (C=O) groups is 1. The van der Waals surface area contributed by atoms with Crippen molar-refractivity contribution >= 4 is 5.91 Å². The van der Waals surface area contributed by atoms with Crippen LogP contribution in [0, 0.1) is 5.92 Å². The van der Waals surface area contributed by atoms with Gasteiger partial charge in [-0.2, -0.15) is 0 Å². The molecule has 4 nitrogen and oxygen atoms in total. The van der Waals surface area contributed by atoms with Gasteiger partial charge in [0.05, 0.1) is 18.8 Å². The fourth-order valence-electron chi connectivity index (χ4n) is 2.25. The van der Waals surface area contributed by atoms with E-state index in [1.165, 1.54) is 0 Å². The zero-order chi connectivity index (χ0) is 12.1. The van der Waals surface area contributed by atoms with Gasteiger partial charge in [0.25, 0.3) is 0 Å². The summed E-state index contributed by atoms with van der Waals surface area (Å²) in [4.78, 5) is 13.7. The highest BCUT2D eigenvalue weighted by Gasteiger charge is 2.35. The van der Waals surface area contributed by atoms with Crippen LogP contribution in [0.1, 0.15) is 39.5 Å². The molecule has 0 aromatic carbocycles. The molecule has 3 atom stereocenters. The average molecular weight is 229 g/mol. The van der Waals surface area contributed by atoms with E-state index >= 15 is 0 Å². The Kier molecular flexibility index (Phi) is 5.22. The number of unbranched alkanes of at least 4 members (excludes halogenated alkanes) is 1. The van der Waals surface area contributed by atoms with Gasteiger partial charge in [0, 0.05) is 12.5 Å². The number of nitrogens with zero attached hydrogens (tertiary/aromatic N) is 1. The van der Waals surface area contributed by atoms with Crippen molar-refractivity contribution in [3.8, 4) is 0 Å². The van der Waals surface area contributed by atoms with Crippen LogP contribution in [-0.4, -0.2) is 46.3 Å². The molecular weight excluding hydrogens is 206 g/mol. The lowest BCUT2D eigenvalue weighted by Crippen LogP contribution is -2.41. The van der Waals surface area contributed by atoms with Gasteiger partial charge in [-0.15, -0.1) is 0 Å². The summed E-state index contributed by atoms with van der Waals surface area (Å²) in [5.41, 5.74) is 0. The number of aliphatic hydroxyl groups is 2. The summed E-state index contributed by atoms with van der Waals surface area (Å²) in [5.74, 6) is 0.0725. The molecule has 0 spiro atoms. The van der Waals surface area contributed by atoms with E-state index < -0.39 is 6.10 Å². The Morgan fingerprint density at radius 2 is 2.25 bits per heavy atom. The molecule has 0 aliphatic carbocycles. The van der Waals surface area contributed by atoms with E-state index in [1.54, 1.807) is 4.90 Å². The molecule has 0 aromatic heterocycles. The highest BCUT2D eigenvalue weighted by atomic mass is 16.3. The molecule has 4 heteroatoms. The highest BCUT2D eigenvalue weighted by Crippen LogP contribution is 2.21. The Hall–Kier alpha value is -0.610. The molecule has 0 radical (unpaired) electrons. The average Bonchev–Trinajstić information content (AvgIpc) is 2.66. The minimum absolute atomic E-state index is 0.000648. The third-order valence-electron chi connectivity index (χ3n) is 3.30. The second-order valence-corrected chi connectivity index (χ2v) is 4.76. The van der Waals surface area contributed by atoms with Crippen LogP contribution in [-0.2, 0) is 4.79 Å². The Morgan fingerprint density at radius 1 is 1.56 bits per heavy atom. The predicted molar refractivity (Wildman–Crippen MR) is 61.9 cm³/mol. The normalized spacial score (nSPS) is 27.1. The predicted octanol–water partition coefficient (Wildman–Crippen LogP) is 0.767. The SMILES string of the molecule is CCCC[C@H](C)C(=O)N1C[C@@H](O)C[C@@H]1CO. The molecule has 1 rings (SSSR count). The molecule has 0 bridgehead atoms. The lowest BCUT2D eigenvalue weighted by atomic mass is 10.0. The van der Waals surface area contributed by atoms with E-state index in [0.29, 0.717) is 13.0 Å². The summed E-state index contributed by atoms with van der Waals surface area (Å²) in [6.07, 6.45) is 3.05. The number of rotatable bonds is 5. The Bertz CT molecular complexity index is 232. The number of aliphatic hydroxyl groups excluding tert-OH is 2. The Balaban J connectivity index is 2.51. The van der Waals surface area contributed by atoms with Gasteiger partial charge < -0.3 is 15.1 Å². The van der Waals surface area contributed by atoms with Crippen molar-refractivity contribution in [3.05, 3.63) is 0 Å². The molecule has 0 unspecified atom stereocenters. The molecule has 1 amide bonds. The summed E-state index contributed by atoms with van der Waals surface area (Å²) in [7, 11) is 0. The Morgan fingerprint density at radius 3 is 2.81 bits per heavy atom. The first-order valence-electron chi connectivity index (χ1n) is 6.19. The minimum Gasteiger partial charge on any atom is -0.394 e. The molecule has 0 aromatic rings. The van der Waals surface area contributed by atoms with Crippen molar-refractivity contribution in [3.63, 3.8) is 0 Å². The molecule has 1 heterocycles. The van der Waals surface area contributed by atoms with Gasteiger partial charge in [-0.05, 0) is 12.8 Å². The fraction of sp³-hybridized carbons (Fsp3) is 0.917. The number of β-amino-alcohol motifs (C(OH)–C–C–N with tert-alkyl or cyclic N) is 1. The lowest BCUT2D eigenvalue weighted by molar-refractivity contribution is -0.137. The molecule has 1 aliphatic rings. The van der Waals surface area contributed by atoms with Crippen molar-refractivity contribution in [2.45, 2.75) is 51.7 Å². The Labute approximate surface area is 97.3 Å². The number of hydrogen-bond donors (Lipinski definition) is 2. The second kappa shape index (κ2) is 6.21. The van der Waals surface area contributed by atoms with Crippen LogP contribution in [0.15, 0.2) is 0 Å². The van der Waals surface area contributed by atoms with Gasteiger partial charge in [-0.3, -0.25) is 4.79 Å². The first-order valence-corrected chi connectivity index (χ1v) is 6.19. The van der Waals surface area contributed by atoms with Crippen LogP contribution in [0.5, 0.6) is 0 Å². The van der Waals surface area contributed by atoms with Gasteiger partial charge >= 0.3 is 0 Å². The van der Waals surface area contributed by atoms with Gasteiger partial charge in [-0.25, -0.2) is 0 Å².